The predicted molar refractivity (Wildman–Crippen MR) is 78.0 cm³/mol. The van der Waals surface area contributed by atoms with Crippen LogP contribution in [-0.2, 0) is 0 Å². The van der Waals surface area contributed by atoms with Crippen molar-refractivity contribution in [3.05, 3.63) is 18.5 Å². The van der Waals surface area contributed by atoms with Crippen LogP contribution in [0.1, 0.15) is 33.1 Å². The highest BCUT2D eigenvalue weighted by atomic mass is 16.5. The van der Waals surface area contributed by atoms with Crippen LogP contribution in [0.2, 0.25) is 0 Å². The first kappa shape index (κ1) is 13.8. The molecule has 7 nitrogen and oxygen atoms in total. The van der Waals surface area contributed by atoms with E-state index in [-0.39, 0.29) is 18.1 Å². The van der Waals surface area contributed by atoms with E-state index < -0.39 is 0 Å². The van der Waals surface area contributed by atoms with Gasteiger partial charge in [-0.25, -0.2) is 4.68 Å². The van der Waals surface area contributed by atoms with Gasteiger partial charge in [-0.15, -0.1) is 0 Å². The SMILES string of the molecule is CC1CC(C)CC(Oc2nc(N)nc(-n3cccn3)n2)C1. The highest BCUT2D eigenvalue weighted by Gasteiger charge is 2.26. The second kappa shape index (κ2) is 5.67. The molecule has 0 spiro atoms. The van der Waals surface area contributed by atoms with Gasteiger partial charge in [-0.3, -0.25) is 0 Å². The Hall–Kier alpha value is -2.18. The lowest BCUT2D eigenvalue weighted by Crippen LogP contribution is -2.29. The molecule has 3 rings (SSSR count). The topological polar surface area (TPSA) is 91.7 Å². The van der Waals surface area contributed by atoms with E-state index in [4.69, 9.17) is 10.5 Å². The number of nitrogens with two attached hydrogens (primary N) is 1. The molecule has 1 aliphatic carbocycles. The van der Waals surface area contributed by atoms with Gasteiger partial charge in [0.1, 0.15) is 6.10 Å². The molecule has 2 atom stereocenters. The van der Waals surface area contributed by atoms with Gasteiger partial charge in [-0.1, -0.05) is 13.8 Å². The van der Waals surface area contributed by atoms with Crippen LogP contribution in [-0.4, -0.2) is 30.8 Å². The van der Waals surface area contributed by atoms with Crippen molar-refractivity contribution in [3.8, 4) is 12.0 Å². The number of nitrogen functional groups attached to an aromatic ring is 1. The van der Waals surface area contributed by atoms with Crippen molar-refractivity contribution in [2.45, 2.75) is 39.2 Å². The molecule has 0 amide bonds. The maximum atomic E-state index is 5.93. The Balaban J connectivity index is 1.79. The van der Waals surface area contributed by atoms with Crippen LogP contribution in [0.3, 0.4) is 0 Å². The van der Waals surface area contributed by atoms with Crippen molar-refractivity contribution in [3.63, 3.8) is 0 Å². The number of anilines is 1. The Labute approximate surface area is 123 Å². The molecule has 2 aromatic heterocycles. The second-order valence-corrected chi connectivity index (χ2v) is 5.88. The monoisotopic (exact) mass is 288 g/mol. The highest BCUT2D eigenvalue weighted by Crippen LogP contribution is 2.30. The molecule has 2 unspecified atom stereocenters. The summed E-state index contributed by atoms with van der Waals surface area (Å²) in [7, 11) is 0. The maximum Gasteiger partial charge on any atom is 0.323 e. The van der Waals surface area contributed by atoms with Crippen molar-refractivity contribution < 1.29 is 4.74 Å². The van der Waals surface area contributed by atoms with Gasteiger partial charge in [0.25, 0.3) is 5.95 Å². The van der Waals surface area contributed by atoms with Crippen molar-refractivity contribution in [1.29, 1.82) is 0 Å². The van der Waals surface area contributed by atoms with Gasteiger partial charge >= 0.3 is 6.01 Å². The van der Waals surface area contributed by atoms with Crippen molar-refractivity contribution in [2.75, 3.05) is 5.73 Å². The first-order valence-electron chi connectivity index (χ1n) is 7.28. The summed E-state index contributed by atoms with van der Waals surface area (Å²) in [5.74, 6) is 1.83. The molecule has 0 bridgehead atoms. The summed E-state index contributed by atoms with van der Waals surface area (Å²) in [5.41, 5.74) is 5.74. The zero-order chi connectivity index (χ0) is 14.8. The van der Waals surface area contributed by atoms with Gasteiger partial charge in [0, 0.05) is 12.4 Å². The zero-order valence-corrected chi connectivity index (χ0v) is 12.3. The number of nitrogens with zero attached hydrogens (tertiary/aromatic N) is 5. The molecule has 1 saturated carbocycles. The van der Waals surface area contributed by atoms with E-state index in [1.54, 1.807) is 18.5 Å². The summed E-state index contributed by atoms with van der Waals surface area (Å²) < 4.78 is 7.47. The van der Waals surface area contributed by atoms with Gasteiger partial charge in [-0.05, 0) is 37.2 Å². The van der Waals surface area contributed by atoms with Gasteiger partial charge in [0.05, 0.1) is 0 Å². The van der Waals surface area contributed by atoms with Crippen LogP contribution in [0.25, 0.3) is 5.95 Å². The quantitative estimate of drug-likeness (QED) is 0.926. The summed E-state index contributed by atoms with van der Waals surface area (Å²) >= 11 is 0. The Morgan fingerprint density at radius 2 is 1.90 bits per heavy atom. The number of rotatable bonds is 3. The fourth-order valence-electron chi connectivity index (χ4n) is 3.02. The third-order valence-corrected chi connectivity index (χ3v) is 3.74. The van der Waals surface area contributed by atoms with Gasteiger partial charge in [0.2, 0.25) is 5.95 Å². The van der Waals surface area contributed by atoms with Crippen LogP contribution in [0, 0.1) is 11.8 Å². The Morgan fingerprint density at radius 3 is 2.57 bits per heavy atom. The van der Waals surface area contributed by atoms with Crippen molar-refractivity contribution in [1.82, 2.24) is 24.7 Å². The Morgan fingerprint density at radius 1 is 1.14 bits per heavy atom. The highest BCUT2D eigenvalue weighted by molar-refractivity contribution is 5.24. The van der Waals surface area contributed by atoms with Crippen LogP contribution < -0.4 is 10.5 Å². The minimum Gasteiger partial charge on any atom is -0.460 e. The van der Waals surface area contributed by atoms with Gasteiger partial charge < -0.3 is 10.5 Å². The molecular formula is C14H20N6O. The largest absolute Gasteiger partial charge is 0.460 e. The molecule has 0 aromatic carbocycles. The van der Waals surface area contributed by atoms with Gasteiger partial charge in [0.15, 0.2) is 0 Å². The third-order valence-electron chi connectivity index (χ3n) is 3.74. The van der Waals surface area contributed by atoms with Gasteiger partial charge in [-0.2, -0.15) is 20.1 Å². The molecule has 21 heavy (non-hydrogen) atoms. The standard InChI is InChI=1S/C14H20N6O/c1-9-6-10(2)8-11(7-9)21-14-18-12(15)17-13(19-14)20-5-3-4-16-20/h3-5,9-11H,6-8H2,1-2H3,(H2,15,17,18,19). The number of aromatic nitrogens is 5. The molecular weight excluding hydrogens is 268 g/mol. The molecule has 112 valence electrons. The molecule has 2 aromatic rings. The molecule has 0 radical (unpaired) electrons. The van der Waals surface area contributed by atoms with E-state index in [1.807, 2.05) is 0 Å². The zero-order valence-electron chi connectivity index (χ0n) is 12.3. The lowest BCUT2D eigenvalue weighted by Gasteiger charge is -2.30. The fraction of sp³-hybridized carbons (Fsp3) is 0.571. The minimum atomic E-state index is 0.135. The van der Waals surface area contributed by atoms with E-state index in [9.17, 15) is 0 Å². The maximum absolute atomic E-state index is 5.93. The van der Waals surface area contributed by atoms with Crippen LogP contribution in [0.5, 0.6) is 6.01 Å². The average Bonchev–Trinajstić information content (AvgIpc) is 2.90. The molecule has 2 heterocycles. The minimum absolute atomic E-state index is 0.135. The van der Waals surface area contributed by atoms with E-state index in [0.717, 1.165) is 12.8 Å². The van der Waals surface area contributed by atoms with Crippen molar-refractivity contribution in [2.24, 2.45) is 11.8 Å². The molecule has 0 saturated heterocycles. The molecule has 0 aliphatic heterocycles. The third kappa shape index (κ3) is 3.29. The second-order valence-electron chi connectivity index (χ2n) is 5.88. The number of hydrogen-bond donors (Lipinski definition) is 1. The summed E-state index contributed by atoms with van der Waals surface area (Å²) in [6, 6.07) is 2.07. The summed E-state index contributed by atoms with van der Waals surface area (Å²) in [5, 5.41) is 4.09. The van der Waals surface area contributed by atoms with Crippen LogP contribution >= 0.6 is 0 Å². The summed E-state index contributed by atoms with van der Waals surface area (Å²) in [6.45, 7) is 4.51. The molecule has 2 N–H and O–H groups in total. The Kier molecular flexibility index (Phi) is 3.72. The molecule has 7 heteroatoms. The normalized spacial score (nSPS) is 25.7. The molecule has 1 aliphatic rings. The Bertz CT molecular complexity index is 590. The lowest BCUT2D eigenvalue weighted by atomic mass is 9.82. The van der Waals surface area contributed by atoms with E-state index in [2.05, 4.69) is 33.9 Å². The van der Waals surface area contributed by atoms with E-state index in [0.29, 0.717) is 17.8 Å². The first-order valence-corrected chi connectivity index (χ1v) is 7.28. The fourth-order valence-corrected chi connectivity index (χ4v) is 3.02. The first-order chi connectivity index (χ1) is 10.1. The van der Waals surface area contributed by atoms with E-state index >= 15 is 0 Å². The smallest absolute Gasteiger partial charge is 0.323 e. The average molecular weight is 288 g/mol. The number of ether oxygens (including phenoxy) is 1. The van der Waals surface area contributed by atoms with Crippen LogP contribution in [0.4, 0.5) is 5.95 Å². The van der Waals surface area contributed by atoms with Crippen molar-refractivity contribution >= 4 is 5.95 Å². The molecule has 1 fully saturated rings. The van der Waals surface area contributed by atoms with Crippen LogP contribution in [0.15, 0.2) is 18.5 Å². The summed E-state index contributed by atoms with van der Waals surface area (Å²) in [4.78, 5) is 12.5. The predicted octanol–water partition coefficient (Wildman–Crippen LogP) is 1.84. The van der Waals surface area contributed by atoms with E-state index in [1.165, 1.54) is 11.1 Å². The lowest BCUT2D eigenvalue weighted by molar-refractivity contribution is 0.0919. The summed E-state index contributed by atoms with van der Waals surface area (Å²) in [6.07, 6.45) is 6.84. The number of hydrogen-bond acceptors (Lipinski definition) is 6.